The van der Waals surface area contributed by atoms with Crippen LogP contribution in [0.25, 0.3) is 12.2 Å². The second-order valence-corrected chi connectivity index (χ2v) is 9.29. The minimum absolute atomic E-state index is 0.112. The predicted molar refractivity (Wildman–Crippen MR) is 161 cm³/mol. The number of carbonyl (C=O) groups is 4. The quantitative estimate of drug-likeness (QED) is 0.182. The van der Waals surface area contributed by atoms with E-state index in [1.165, 1.54) is 24.3 Å². The summed E-state index contributed by atoms with van der Waals surface area (Å²) in [6.45, 7) is 4.94. The van der Waals surface area contributed by atoms with Crippen LogP contribution in [0.2, 0.25) is 0 Å². The fraction of sp³-hybridized carbons (Fsp3) is 0.212. The van der Waals surface area contributed by atoms with Crippen LogP contribution < -0.4 is 21.3 Å². The molecule has 41 heavy (non-hydrogen) atoms. The number of carbonyl (C=O) groups excluding carboxylic acids is 4. The van der Waals surface area contributed by atoms with E-state index >= 15 is 0 Å². The van der Waals surface area contributed by atoms with Crippen LogP contribution in [0.5, 0.6) is 0 Å². The normalized spacial score (nSPS) is 11.4. The van der Waals surface area contributed by atoms with Gasteiger partial charge in [-0.3, -0.25) is 19.2 Å². The summed E-state index contributed by atoms with van der Waals surface area (Å²) in [6, 6.07) is 24.4. The lowest BCUT2D eigenvalue weighted by atomic mass is 10.1. The zero-order valence-corrected chi connectivity index (χ0v) is 23.4. The van der Waals surface area contributed by atoms with Crippen molar-refractivity contribution in [1.82, 2.24) is 21.3 Å². The number of rotatable bonds is 13. The van der Waals surface area contributed by atoms with Crippen LogP contribution in [0.4, 0.5) is 0 Å². The number of amides is 4. The van der Waals surface area contributed by atoms with Gasteiger partial charge < -0.3 is 21.3 Å². The van der Waals surface area contributed by atoms with Gasteiger partial charge in [0.1, 0.15) is 11.4 Å². The van der Waals surface area contributed by atoms with E-state index in [0.717, 1.165) is 30.4 Å². The predicted octanol–water partition coefficient (Wildman–Crippen LogP) is 4.67. The molecule has 3 rings (SSSR count). The summed E-state index contributed by atoms with van der Waals surface area (Å²) >= 11 is 0. The maximum Gasteiger partial charge on any atom is 0.267 e. The van der Waals surface area contributed by atoms with E-state index < -0.39 is 17.7 Å². The molecule has 0 aromatic heterocycles. The molecule has 0 saturated heterocycles. The van der Waals surface area contributed by atoms with Crippen molar-refractivity contribution in [3.8, 4) is 0 Å². The van der Waals surface area contributed by atoms with Gasteiger partial charge in [0.2, 0.25) is 0 Å². The Labute approximate surface area is 240 Å². The Morgan fingerprint density at radius 3 is 1.37 bits per heavy atom. The number of hydrogen-bond donors (Lipinski definition) is 4. The number of nitrogens with one attached hydrogen (secondary N) is 4. The fourth-order valence-electron chi connectivity index (χ4n) is 3.72. The van der Waals surface area contributed by atoms with Crippen LogP contribution in [0.3, 0.4) is 0 Å². The van der Waals surface area contributed by atoms with Crippen LogP contribution in [0, 0.1) is 0 Å². The summed E-state index contributed by atoms with van der Waals surface area (Å²) in [7, 11) is 0. The van der Waals surface area contributed by atoms with Gasteiger partial charge in [-0.25, -0.2) is 0 Å². The first-order chi connectivity index (χ1) is 19.9. The van der Waals surface area contributed by atoms with Crippen LogP contribution >= 0.6 is 0 Å². The van der Waals surface area contributed by atoms with E-state index in [4.69, 9.17) is 0 Å². The SMILES string of the molecule is CCCCNC(=O)/C(=C\c1ccccc1)NC(=O)c1ccc(C(=O)N/C(=C/c2ccccc2)C(=O)NCCC)cc1. The van der Waals surface area contributed by atoms with Gasteiger partial charge in [0.15, 0.2) is 0 Å². The molecular formula is C33H36N4O4. The number of hydrogen-bond acceptors (Lipinski definition) is 4. The van der Waals surface area contributed by atoms with Crippen molar-refractivity contribution < 1.29 is 19.2 Å². The molecule has 0 unspecified atom stereocenters. The molecule has 8 heteroatoms. The Balaban J connectivity index is 1.74. The average molecular weight is 553 g/mol. The smallest absolute Gasteiger partial charge is 0.267 e. The van der Waals surface area contributed by atoms with E-state index in [0.29, 0.717) is 13.1 Å². The second-order valence-electron chi connectivity index (χ2n) is 9.29. The van der Waals surface area contributed by atoms with Crippen LogP contribution in [-0.2, 0) is 9.59 Å². The Kier molecular flexibility index (Phi) is 12.1. The van der Waals surface area contributed by atoms with Crippen molar-refractivity contribution in [3.63, 3.8) is 0 Å². The maximum atomic E-state index is 13.0. The van der Waals surface area contributed by atoms with Gasteiger partial charge in [-0.15, -0.1) is 0 Å². The van der Waals surface area contributed by atoms with Crippen LogP contribution in [-0.4, -0.2) is 36.7 Å². The Morgan fingerprint density at radius 1 is 0.561 bits per heavy atom. The highest BCUT2D eigenvalue weighted by Crippen LogP contribution is 2.11. The first-order valence-electron chi connectivity index (χ1n) is 13.7. The molecule has 0 bridgehead atoms. The molecule has 3 aromatic carbocycles. The summed E-state index contributed by atoms with van der Waals surface area (Å²) < 4.78 is 0. The van der Waals surface area contributed by atoms with E-state index in [-0.39, 0.29) is 28.4 Å². The lowest BCUT2D eigenvalue weighted by Gasteiger charge is -2.12. The topological polar surface area (TPSA) is 116 Å². The van der Waals surface area contributed by atoms with Crippen LogP contribution in [0.1, 0.15) is 65.0 Å². The van der Waals surface area contributed by atoms with Gasteiger partial charge in [0, 0.05) is 24.2 Å². The molecule has 0 aliphatic carbocycles. The maximum absolute atomic E-state index is 13.0. The molecule has 212 valence electrons. The highest BCUT2D eigenvalue weighted by molar-refractivity contribution is 6.07. The third kappa shape index (κ3) is 9.93. The standard InChI is InChI=1S/C33H36N4O4/c1-3-5-21-35-33(41)29(23-25-14-10-7-11-15-25)37-31(39)27-18-16-26(17-19-27)30(38)36-28(32(40)34-20-4-2)22-24-12-8-6-9-13-24/h6-19,22-23H,3-5,20-21H2,1-2H3,(H,34,40)(H,35,41)(H,36,38)(H,37,39)/b28-22+,29-23+. The third-order valence-electron chi connectivity index (χ3n) is 5.97. The number of benzene rings is 3. The van der Waals surface area contributed by atoms with E-state index in [1.807, 2.05) is 74.5 Å². The molecule has 0 radical (unpaired) electrons. The molecule has 0 saturated carbocycles. The average Bonchev–Trinajstić information content (AvgIpc) is 3.00. The van der Waals surface area contributed by atoms with Crippen molar-refractivity contribution >= 4 is 35.8 Å². The lowest BCUT2D eigenvalue weighted by Crippen LogP contribution is -2.35. The highest BCUT2D eigenvalue weighted by atomic mass is 16.2. The van der Waals surface area contributed by atoms with Gasteiger partial charge >= 0.3 is 0 Å². The molecule has 8 nitrogen and oxygen atoms in total. The van der Waals surface area contributed by atoms with Crippen molar-refractivity contribution in [2.24, 2.45) is 0 Å². The zero-order valence-electron chi connectivity index (χ0n) is 23.4. The van der Waals surface area contributed by atoms with E-state index in [1.54, 1.807) is 12.2 Å². The largest absolute Gasteiger partial charge is 0.351 e. The van der Waals surface area contributed by atoms with Crippen molar-refractivity contribution in [1.29, 1.82) is 0 Å². The molecule has 0 fully saturated rings. The van der Waals surface area contributed by atoms with Crippen molar-refractivity contribution in [2.75, 3.05) is 13.1 Å². The minimum Gasteiger partial charge on any atom is -0.351 e. The molecule has 0 aliphatic heterocycles. The first kappa shape index (κ1) is 30.6. The van der Waals surface area contributed by atoms with Crippen LogP contribution in [0.15, 0.2) is 96.3 Å². The Hall–Kier alpha value is -4.98. The summed E-state index contributed by atoms with van der Waals surface area (Å²) in [5, 5.41) is 11.0. The van der Waals surface area contributed by atoms with Gasteiger partial charge in [-0.2, -0.15) is 0 Å². The van der Waals surface area contributed by atoms with Gasteiger partial charge in [0.05, 0.1) is 0 Å². The fourth-order valence-corrected chi connectivity index (χ4v) is 3.72. The molecule has 4 amide bonds. The summed E-state index contributed by atoms with van der Waals surface area (Å²) in [6.07, 6.45) is 5.73. The summed E-state index contributed by atoms with van der Waals surface area (Å²) in [4.78, 5) is 51.5. The zero-order chi connectivity index (χ0) is 29.5. The lowest BCUT2D eigenvalue weighted by molar-refractivity contribution is -0.118. The monoisotopic (exact) mass is 552 g/mol. The molecule has 0 heterocycles. The molecule has 0 spiro atoms. The summed E-state index contributed by atoms with van der Waals surface area (Å²) in [5.41, 5.74) is 2.29. The van der Waals surface area contributed by atoms with E-state index in [2.05, 4.69) is 21.3 Å². The highest BCUT2D eigenvalue weighted by Gasteiger charge is 2.17. The van der Waals surface area contributed by atoms with Gasteiger partial charge in [-0.1, -0.05) is 80.9 Å². The van der Waals surface area contributed by atoms with Gasteiger partial charge in [-0.05, 0) is 60.4 Å². The Morgan fingerprint density at radius 2 is 0.976 bits per heavy atom. The summed E-state index contributed by atoms with van der Waals surface area (Å²) in [5.74, 6) is -1.76. The second kappa shape index (κ2) is 16.2. The van der Waals surface area contributed by atoms with Gasteiger partial charge in [0.25, 0.3) is 23.6 Å². The molecule has 3 aromatic rings. The molecule has 0 atom stereocenters. The Bertz CT molecular complexity index is 1380. The molecule has 4 N–H and O–H groups in total. The molecular weight excluding hydrogens is 516 g/mol. The van der Waals surface area contributed by atoms with E-state index in [9.17, 15) is 19.2 Å². The minimum atomic E-state index is -0.495. The van der Waals surface area contributed by atoms with Crippen molar-refractivity contribution in [2.45, 2.75) is 33.1 Å². The first-order valence-corrected chi connectivity index (χ1v) is 13.7. The van der Waals surface area contributed by atoms with Crippen molar-refractivity contribution in [3.05, 3.63) is 119 Å². The number of unbranched alkanes of at least 4 members (excludes halogenated alkanes) is 1. The third-order valence-corrected chi connectivity index (χ3v) is 5.97. The molecule has 0 aliphatic rings.